The third-order valence-electron chi connectivity index (χ3n) is 16.5. The summed E-state index contributed by atoms with van der Waals surface area (Å²) in [6.45, 7) is 6.56. The molecule has 1 aliphatic carbocycles. The van der Waals surface area contributed by atoms with Gasteiger partial charge in [0.15, 0.2) is 12.1 Å². The molecule has 12 atom stereocenters. The van der Waals surface area contributed by atoms with E-state index >= 15 is 0 Å². The number of likely N-dealkylation sites (tertiary alicyclic amines) is 1. The maximum absolute atomic E-state index is 13.6. The van der Waals surface area contributed by atoms with Gasteiger partial charge in [-0.3, -0.25) is 28.8 Å². The lowest BCUT2D eigenvalue weighted by Gasteiger charge is -2.42. The van der Waals surface area contributed by atoms with Gasteiger partial charge in [-0.25, -0.2) is 4.79 Å². The molecule has 3 aliphatic rings. The van der Waals surface area contributed by atoms with Gasteiger partial charge >= 0.3 is 12.1 Å². The second-order valence-electron chi connectivity index (χ2n) is 23.7. The molecule has 0 radical (unpaired) electrons. The van der Waals surface area contributed by atoms with Crippen molar-refractivity contribution in [2.24, 2.45) is 22.7 Å². The molecular weight excluding hydrogens is 1190 g/mol. The Hall–Kier alpha value is -5.38. The predicted octanol–water partition coefficient (Wildman–Crippen LogP) is 0.655. The molecule has 512 valence electrons. The number of carbonyl (C=O) groups is 8. The highest BCUT2D eigenvalue weighted by atomic mass is 16.7. The van der Waals surface area contributed by atoms with Crippen LogP contribution < -0.4 is 16.0 Å². The average Bonchev–Trinajstić information content (AvgIpc) is 1.73. The molecule has 29 heteroatoms. The SMILES string of the molecule is CC(=O)C[C@H]1C(OCCOCCOCCNC(=O)c2cc(NC(=O)CCCCCCCCC(=O)N3CC(C)(CO)C(C)(COC(=O)OCCC(=O)O)C3)cc(C(=O)CCCOCCOCCOC3O[C@H](CO)[C@H](O)[C@H](O)[C@H]3NC(C)=O)c2)C[C@H](CO)[C@H](O)[C@@H]1O. The summed E-state index contributed by atoms with van der Waals surface area (Å²) < 4.78 is 49.6. The molecule has 0 spiro atoms. The normalized spacial score (nSPS) is 25.7. The molecule has 4 amide bonds. The van der Waals surface area contributed by atoms with Gasteiger partial charge in [-0.05, 0) is 50.8 Å². The molecule has 2 heterocycles. The summed E-state index contributed by atoms with van der Waals surface area (Å²) in [5, 5.41) is 87.9. The molecule has 2 aliphatic heterocycles. The first-order valence-corrected chi connectivity index (χ1v) is 31.0. The van der Waals surface area contributed by atoms with Crippen LogP contribution in [0.25, 0.3) is 0 Å². The molecular formula is C61H98N4O25. The Labute approximate surface area is 525 Å². The summed E-state index contributed by atoms with van der Waals surface area (Å²) in [5.41, 5.74) is -0.984. The van der Waals surface area contributed by atoms with E-state index in [0.717, 1.165) is 25.7 Å². The number of ketones is 2. The Morgan fingerprint density at radius 2 is 1.24 bits per heavy atom. The third-order valence-corrected chi connectivity index (χ3v) is 16.5. The maximum atomic E-state index is 13.6. The van der Waals surface area contributed by atoms with Crippen molar-refractivity contribution in [3.63, 3.8) is 0 Å². The number of anilines is 1. The lowest BCUT2D eigenvalue weighted by Crippen LogP contribution is -2.64. The maximum Gasteiger partial charge on any atom is 0.508 e. The second kappa shape index (κ2) is 40.6. The van der Waals surface area contributed by atoms with E-state index in [0.29, 0.717) is 19.3 Å². The first kappa shape index (κ1) is 77.1. The quantitative estimate of drug-likeness (QED) is 0.0243. The van der Waals surface area contributed by atoms with E-state index < -0.39 is 102 Å². The van der Waals surface area contributed by atoms with E-state index in [1.54, 1.807) is 4.90 Å². The summed E-state index contributed by atoms with van der Waals surface area (Å²) >= 11 is 0. The number of ether oxygens (including phenoxy) is 9. The summed E-state index contributed by atoms with van der Waals surface area (Å²) in [6.07, 6.45) is -4.14. The largest absolute Gasteiger partial charge is 0.508 e. The predicted molar refractivity (Wildman–Crippen MR) is 318 cm³/mol. The minimum atomic E-state index is -1.45. The summed E-state index contributed by atoms with van der Waals surface area (Å²) in [5.74, 6) is -4.22. The van der Waals surface area contributed by atoms with Crippen LogP contribution >= 0.6 is 0 Å². The van der Waals surface area contributed by atoms with Crippen LogP contribution in [-0.4, -0.2) is 261 Å². The van der Waals surface area contributed by atoms with Crippen molar-refractivity contribution < 1.29 is 122 Å². The number of carbonyl (C=O) groups excluding carboxylic acids is 7. The standard InChI is InChI=1S/C61H98N4O25/c1-39(69)28-45-47(32-43(33-66)53(76)54(45)77)86-26-24-84-23-21-83-19-16-62-57(80)42-29-41(46(71)12-11-17-82-20-22-85-25-27-87-58-52(63-40(2)70)56(79)55(78)48(34-67)90-58)30-44(31-42)64-49(72)13-9-7-5-6-8-10-14-50(73)65-35-60(3,37-68)61(4,36-65)38-89-59(81)88-18-15-51(74)75/h29-31,43,45,47-48,52-56,58,66-68,76-79H,5-28,32-38H2,1-4H3,(H,62,80)(H,63,70)(H,64,72)(H,74,75)/t43-,45+,47?,48-,52-,53+,54-,55+,56-,58?,60?,61?/m1/s1. The lowest BCUT2D eigenvalue weighted by molar-refractivity contribution is -0.272. The number of benzene rings is 1. The van der Waals surface area contributed by atoms with Crippen LogP contribution in [0.3, 0.4) is 0 Å². The van der Waals surface area contributed by atoms with E-state index in [2.05, 4.69) is 16.0 Å². The summed E-state index contributed by atoms with van der Waals surface area (Å²) in [4.78, 5) is 102. The molecule has 0 aromatic heterocycles. The van der Waals surface area contributed by atoms with Gasteiger partial charge in [0, 0.05) is 105 Å². The van der Waals surface area contributed by atoms with Crippen molar-refractivity contribution in [2.45, 2.75) is 160 Å². The van der Waals surface area contributed by atoms with Crippen LogP contribution in [-0.2, 0) is 66.6 Å². The number of nitrogens with zero attached hydrogens (tertiary/aromatic N) is 1. The molecule has 3 fully saturated rings. The Morgan fingerprint density at radius 3 is 1.88 bits per heavy atom. The number of amides is 4. The molecule has 4 unspecified atom stereocenters. The van der Waals surface area contributed by atoms with Gasteiger partial charge in [0.25, 0.3) is 5.91 Å². The van der Waals surface area contributed by atoms with E-state index in [1.807, 2.05) is 13.8 Å². The van der Waals surface area contributed by atoms with Crippen LogP contribution in [0.1, 0.15) is 132 Å². The highest BCUT2D eigenvalue weighted by Crippen LogP contribution is 2.46. The van der Waals surface area contributed by atoms with E-state index in [-0.39, 0.29) is 191 Å². The fourth-order valence-electron chi connectivity index (χ4n) is 10.9. The summed E-state index contributed by atoms with van der Waals surface area (Å²) in [7, 11) is 0. The Kier molecular flexibility index (Phi) is 34.7. The van der Waals surface area contributed by atoms with Gasteiger partial charge in [-0.15, -0.1) is 0 Å². The van der Waals surface area contributed by atoms with Gasteiger partial charge < -0.3 is 109 Å². The molecule has 1 aromatic rings. The third kappa shape index (κ3) is 26.0. The van der Waals surface area contributed by atoms with Gasteiger partial charge in [0.1, 0.15) is 43.4 Å². The zero-order chi connectivity index (χ0) is 66.2. The average molecular weight is 1290 g/mol. The number of rotatable bonds is 44. The molecule has 2 saturated heterocycles. The number of hydrogen-bond donors (Lipinski definition) is 11. The molecule has 0 bridgehead atoms. The van der Waals surface area contributed by atoms with E-state index in [1.165, 1.54) is 32.0 Å². The van der Waals surface area contributed by atoms with E-state index in [4.69, 9.17) is 47.7 Å². The van der Waals surface area contributed by atoms with Gasteiger partial charge in [0.2, 0.25) is 17.7 Å². The molecule has 11 N–H and O–H groups in total. The number of aliphatic hydroxyl groups is 7. The first-order chi connectivity index (χ1) is 43.0. The van der Waals surface area contributed by atoms with Crippen molar-refractivity contribution in [1.82, 2.24) is 15.5 Å². The number of carboxylic acid groups (broad SMARTS) is 1. The van der Waals surface area contributed by atoms with E-state index in [9.17, 15) is 74.1 Å². The van der Waals surface area contributed by atoms with Crippen molar-refractivity contribution in [3.8, 4) is 0 Å². The molecule has 1 saturated carbocycles. The fourth-order valence-corrected chi connectivity index (χ4v) is 10.9. The van der Waals surface area contributed by atoms with Crippen LogP contribution in [0.2, 0.25) is 0 Å². The number of aliphatic hydroxyl groups excluding tert-OH is 7. The van der Waals surface area contributed by atoms with Crippen molar-refractivity contribution in [2.75, 3.05) is 124 Å². The number of nitrogens with one attached hydrogen (secondary N) is 3. The molecule has 4 rings (SSSR count). The zero-order valence-electron chi connectivity index (χ0n) is 52.4. The second-order valence-corrected chi connectivity index (χ2v) is 23.7. The number of unbranched alkanes of at least 4 members (excludes halogenated alkanes) is 5. The minimum absolute atomic E-state index is 0.0196. The lowest BCUT2D eigenvalue weighted by atomic mass is 9.69. The monoisotopic (exact) mass is 1290 g/mol. The van der Waals surface area contributed by atoms with Gasteiger partial charge in [0.05, 0.1) is 97.4 Å². The topological polar surface area (TPSA) is 421 Å². The van der Waals surface area contributed by atoms with Gasteiger partial charge in [-0.1, -0.05) is 39.5 Å². The highest BCUT2D eigenvalue weighted by molar-refractivity contribution is 6.03. The van der Waals surface area contributed by atoms with Crippen LogP contribution in [0, 0.1) is 22.7 Å². The summed E-state index contributed by atoms with van der Waals surface area (Å²) in [6, 6.07) is 3.34. The molecule has 90 heavy (non-hydrogen) atoms. The first-order valence-electron chi connectivity index (χ1n) is 31.0. The number of hydrogen-bond acceptors (Lipinski definition) is 24. The Balaban J connectivity index is 1.20. The van der Waals surface area contributed by atoms with Gasteiger partial charge in [-0.2, -0.15) is 0 Å². The van der Waals surface area contributed by atoms with Crippen molar-refractivity contribution >= 4 is 53.0 Å². The van der Waals surface area contributed by atoms with Crippen LogP contribution in [0.4, 0.5) is 10.5 Å². The fraction of sp³-hybridized carbons (Fsp3) is 0.770. The number of aliphatic carboxylic acids is 1. The zero-order valence-corrected chi connectivity index (χ0v) is 52.4. The smallest absolute Gasteiger partial charge is 0.481 e. The Bertz CT molecular complexity index is 2300. The highest BCUT2D eigenvalue weighted by Gasteiger charge is 2.54. The van der Waals surface area contributed by atoms with Crippen molar-refractivity contribution in [1.29, 1.82) is 0 Å². The van der Waals surface area contributed by atoms with Crippen molar-refractivity contribution in [3.05, 3.63) is 29.3 Å². The van der Waals surface area contributed by atoms with Crippen LogP contribution in [0.5, 0.6) is 0 Å². The number of carboxylic acids is 1. The number of Topliss-reactive ketones (excluding diaryl/α,β-unsaturated/α-hetero) is 2. The molecule has 1 aromatic carbocycles. The Morgan fingerprint density at radius 1 is 0.633 bits per heavy atom. The molecule has 29 nitrogen and oxygen atoms in total. The van der Waals surface area contributed by atoms with Crippen LogP contribution in [0.15, 0.2) is 18.2 Å². The minimum Gasteiger partial charge on any atom is -0.481 e.